The zero-order valence-electron chi connectivity index (χ0n) is 20.5. The van der Waals surface area contributed by atoms with Gasteiger partial charge in [0.2, 0.25) is 15.9 Å². The quantitative estimate of drug-likeness (QED) is 0.611. The second kappa shape index (κ2) is 10.4. The second-order valence-electron chi connectivity index (χ2n) is 9.33. The van der Waals surface area contributed by atoms with Gasteiger partial charge in [-0.25, -0.2) is 8.42 Å². The number of hydrogen-bond donors (Lipinski definition) is 1. The molecule has 0 saturated carbocycles. The summed E-state index contributed by atoms with van der Waals surface area (Å²) in [5.41, 5.74) is 1.38. The topological polar surface area (TPSA) is 108 Å². The Kier molecular flexibility index (Phi) is 7.19. The van der Waals surface area contributed by atoms with Gasteiger partial charge < -0.3 is 24.6 Å². The average Bonchev–Trinajstić information content (AvgIpc) is 2.92. The van der Waals surface area contributed by atoms with E-state index in [-0.39, 0.29) is 40.6 Å². The Morgan fingerprint density at radius 1 is 1.14 bits per heavy atom. The number of piperidine rings is 1. The maximum Gasteiger partial charge on any atom is 0.262 e. The van der Waals surface area contributed by atoms with E-state index in [1.807, 2.05) is 29.2 Å². The highest BCUT2D eigenvalue weighted by Gasteiger charge is 2.37. The molecule has 1 N–H and O–H groups in total. The molecule has 0 spiro atoms. The molecule has 3 aliphatic heterocycles. The second-order valence-corrected chi connectivity index (χ2v) is 11.6. The fourth-order valence-corrected chi connectivity index (χ4v) is 7.07. The molecule has 2 aromatic rings. The summed E-state index contributed by atoms with van der Waals surface area (Å²) in [6.07, 6.45) is 1.21. The Morgan fingerprint density at radius 2 is 1.92 bits per heavy atom. The number of anilines is 2. The maximum absolute atomic E-state index is 13.5. The number of fused-ring (bicyclic) bond motifs is 1. The van der Waals surface area contributed by atoms with Crippen molar-refractivity contribution in [1.29, 1.82) is 0 Å². The van der Waals surface area contributed by atoms with Crippen LogP contribution in [0.25, 0.3) is 0 Å². The number of nitrogens with one attached hydrogen (secondary N) is 1. The number of piperazine rings is 1. The first-order chi connectivity index (χ1) is 17.8. The van der Waals surface area contributed by atoms with Gasteiger partial charge in [-0.3, -0.25) is 9.59 Å². The molecule has 1 atom stereocenters. The average molecular weight is 549 g/mol. The zero-order chi connectivity index (χ0) is 26.2. The van der Waals surface area contributed by atoms with E-state index in [1.54, 1.807) is 7.11 Å². The summed E-state index contributed by atoms with van der Waals surface area (Å²) in [5, 5.41) is 2.61. The van der Waals surface area contributed by atoms with Crippen LogP contribution < -0.4 is 19.7 Å². The van der Waals surface area contributed by atoms with Crippen molar-refractivity contribution < 1.29 is 27.5 Å². The van der Waals surface area contributed by atoms with Gasteiger partial charge in [0.05, 0.1) is 23.7 Å². The molecule has 0 aromatic heterocycles. The minimum Gasteiger partial charge on any atom is -0.497 e. The van der Waals surface area contributed by atoms with Gasteiger partial charge in [-0.1, -0.05) is 17.7 Å². The van der Waals surface area contributed by atoms with Crippen LogP contribution in [0, 0.1) is 5.92 Å². The number of ether oxygens (including phenoxy) is 2. The minimum atomic E-state index is -3.97. The number of sulfonamides is 1. The van der Waals surface area contributed by atoms with Crippen LogP contribution in [-0.4, -0.2) is 82.4 Å². The molecule has 2 aromatic carbocycles. The van der Waals surface area contributed by atoms with Gasteiger partial charge in [-0.15, -0.1) is 0 Å². The fraction of sp³-hybridized carbons (Fsp3) is 0.440. The van der Waals surface area contributed by atoms with Crippen molar-refractivity contribution in [2.45, 2.75) is 17.7 Å². The van der Waals surface area contributed by atoms with E-state index < -0.39 is 15.9 Å². The summed E-state index contributed by atoms with van der Waals surface area (Å²) in [5.74, 6) is 0.267. The highest BCUT2D eigenvalue weighted by atomic mass is 35.5. The van der Waals surface area contributed by atoms with E-state index in [9.17, 15) is 18.0 Å². The molecule has 2 saturated heterocycles. The first-order valence-corrected chi connectivity index (χ1v) is 14.0. The third kappa shape index (κ3) is 5.21. The summed E-state index contributed by atoms with van der Waals surface area (Å²) in [4.78, 5) is 28.9. The van der Waals surface area contributed by atoms with E-state index in [4.69, 9.17) is 21.1 Å². The van der Waals surface area contributed by atoms with Crippen LogP contribution in [0.1, 0.15) is 12.8 Å². The number of amides is 2. The van der Waals surface area contributed by atoms with Gasteiger partial charge in [0.15, 0.2) is 6.61 Å². The van der Waals surface area contributed by atoms with Crippen LogP contribution in [0.15, 0.2) is 41.3 Å². The Labute approximate surface area is 221 Å². The SMILES string of the molecule is COc1cccc(N2CCN(C(=O)C3CCCN(S(=O)(=O)c4cc5c(cc4Cl)NC(=O)CO5)C3)CC2)c1. The molecule has 3 aliphatic rings. The monoisotopic (exact) mass is 548 g/mol. The molecule has 0 aliphatic carbocycles. The third-order valence-corrected chi connectivity index (χ3v) is 9.36. The molecule has 2 fully saturated rings. The first kappa shape index (κ1) is 25.6. The number of nitrogens with zero attached hydrogens (tertiary/aromatic N) is 3. The van der Waals surface area contributed by atoms with Crippen molar-refractivity contribution in [3.8, 4) is 11.5 Å². The van der Waals surface area contributed by atoms with Gasteiger partial charge >= 0.3 is 0 Å². The largest absolute Gasteiger partial charge is 0.497 e. The molecular formula is C25H29ClN4O6S. The van der Waals surface area contributed by atoms with Crippen LogP contribution in [0.2, 0.25) is 5.02 Å². The normalized spacial score (nSPS) is 20.6. The highest BCUT2D eigenvalue weighted by Crippen LogP contribution is 2.37. The Balaban J connectivity index is 1.25. The summed E-state index contributed by atoms with van der Waals surface area (Å²) in [6, 6.07) is 10.6. The molecule has 1 unspecified atom stereocenters. The lowest BCUT2D eigenvalue weighted by atomic mass is 9.97. The van der Waals surface area contributed by atoms with Crippen LogP contribution in [0.4, 0.5) is 11.4 Å². The van der Waals surface area contributed by atoms with E-state index in [0.717, 1.165) is 11.4 Å². The number of carbonyl (C=O) groups is 2. The maximum atomic E-state index is 13.5. The van der Waals surface area contributed by atoms with E-state index in [1.165, 1.54) is 16.4 Å². The summed E-state index contributed by atoms with van der Waals surface area (Å²) < 4.78 is 39.1. The summed E-state index contributed by atoms with van der Waals surface area (Å²) in [7, 11) is -2.34. The molecule has 37 heavy (non-hydrogen) atoms. The molecule has 198 valence electrons. The lowest BCUT2D eigenvalue weighted by Crippen LogP contribution is -2.53. The van der Waals surface area contributed by atoms with Gasteiger partial charge in [0.25, 0.3) is 5.91 Å². The number of hydrogen-bond acceptors (Lipinski definition) is 7. The fourth-order valence-electron chi connectivity index (χ4n) is 5.03. The lowest BCUT2D eigenvalue weighted by molar-refractivity contribution is -0.137. The van der Waals surface area contributed by atoms with Crippen LogP contribution in [0.3, 0.4) is 0 Å². The van der Waals surface area contributed by atoms with Gasteiger partial charge in [-0.05, 0) is 31.0 Å². The summed E-state index contributed by atoms with van der Waals surface area (Å²) in [6.45, 7) is 2.73. The zero-order valence-corrected chi connectivity index (χ0v) is 22.1. The number of halogens is 1. The Morgan fingerprint density at radius 3 is 2.68 bits per heavy atom. The molecule has 3 heterocycles. The molecule has 10 nitrogen and oxygen atoms in total. The van der Waals surface area contributed by atoms with Gasteiger partial charge in [-0.2, -0.15) is 4.31 Å². The number of benzene rings is 2. The number of methoxy groups -OCH3 is 1. The number of rotatable bonds is 5. The van der Waals surface area contributed by atoms with Crippen LogP contribution in [-0.2, 0) is 19.6 Å². The highest BCUT2D eigenvalue weighted by molar-refractivity contribution is 7.89. The van der Waals surface area contributed by atoms with Crippen molar-refractivity contribution in [1.82, 2.24) is 9.21 Å². The first-order valence-electron chi connectivity index (χ1n) is 12.2. The standard InChI is InChI=1S/C25H29ClN4O6S/c1-35-19-6-2-5-18(12-19)28-8-10-29(11-9-28)25(32)17-4-3-7-30(15-17)37(33,34)23-14-22-21(13-20(23)26)27-24(31)16-36-22/h2,5-6,12-14,17H,3-4,7-11,15-16H2,1H3,(H,27,31). The Hall–Kier alpha value is -3.02. The Bertz CT molecular complexity index is 1310. The predicted octanol–water partition coefficient (Wildman–Crippen LogP) is 2.43. The molecule has 2 amide bonds. The van der Waals surface area contributed by atoms with E-state index in [2.05, 4.69) is 10.2 Å². The van der Waals surface area contributed by atoms with Gasteiger partial charge in [0.1, 0.15) is 16.4 Å². The molecular weight excluding hydrogens is 520 g/mol. The molecule has 0 bridgehead atoms. The van der Waals surface area contributed by atoms with E-state index >= 15 is 0 Å². The number of carbonyl (C=O) groups excluding carboxylic acids is 2. The summed E-state index contributed by atoms with van der Waals surface area (Å²) >= 11 is 6.32. The molecule has 5 rings (SSSR count). The lowest BCUT2D eigenvalue weighted by Gasteiger charge is -2.39. The minimum absolute atomic E-state index is 0.00772. The third-order valence-electron chi connectivity index (χ3n) is 7.03. The van der Waals surface area contributed by atoms with Gasteiger partial charge in [0, 0.05) is 57.1 Å². The molecule has 12 heteroatoms. The van der Waals surface area contributed by atoms with Crippen molar-refractivity contribution in [3.05, 3.63) is 41.4 Å². The smallest absolute Gasteiger partial charge is 0.262 e. The van der Waals surface area contributed by atoms with Crippen molar-refractivity contribution in [3.63, 3.8) is 0 Å². The van der Waals surface area contributed by atoms with Crippen molar-refractivity contribution in [2.75, 3.05) is 63.2 Å². The van der Waals surface area contributed by atoms with Crippen molar-refractivity contribution in [2.24, 2.45) is 5.92 Å². The van der Waals surface area contributed by atoms with Crippen LogP contribution >= 0.6 is 11.6 Å². The van der Waals surface area contributed by atoms with E-state index in [0.29, 0.717) is 51.3 Å². The molecule has 0 radical (unpaired) electrons. The van der Waals surface area contributed by atoms with Crippen LogP contribution in [0.5, 0.6) is 11.5 Å². The predicted molar refractivity (Wildman–Crippen MR) is 139 cm³/mol. The van der Waals surface area contributed by atoms with Crippen molar-refractivity contribution >= 4 is 44.8 Å².